The molecule has 0 aliphatic heterocycles. The van der Waals surface area contributed by atoms with Crippen LogP contribution in [0.3, 0.4) is 0 Å². The summed E-state index contributed by atoms with van der Waals surface area (Å²) in [6.07, 6.45) is 1.54. The fourth-order valence-electron chi connectivity index (χ4n) is 1.76. The number of pyridine rings is 1. The molecule has 3 aromatic rings. The highest BCUT2D eigenvalue weighted by Gasteiger charge is 2.07. The van der Waals surface area contributed by atoms with Crippen LogP contribution in [0.25, 0.3) is 22.3 Å². The second kappa shape index (κ2) is 4.23. The lowest BCUT2D eigenvalue weighted by atomic mass is 10.1. The van der Waals surface area contributed by atoms with Crippen molar-refractivity contribution in [3.63, 3.8) is 0 Å². The zero-order valence-corrected chi connectivity index (χ0v) is 9.98. The summed E-state index contributed by atoms with van der Waals surface area (Å²) in [4.78, 5) is 23.0. The van der Waals surface area contributed by atoms with Crippen molar-refractivity contribution in [3.8, 4) is 11.3 Å². The molecule has 1 aromatic carbocycles. The van der Waals surface area contributed by atoms with Gasteiger partial charge in [0.05, 0.1) is 11.7 Å². The second-order valence-electron chi connectivity index (χ2n) is 3.80. The number of rotatable bonds is 1. The molecule has 0 unspecified atom stereocenters. The number of halogens is 1. The van der Waals surface area contributed by atoms with Crippen molar-refractivity contribution in [2.45, 2.75) is 0 Å². The molecule has 1 N–H and O–H groups in total. The molecule has 0 aliphatic carbocycles. The van der Waals surface area contributed by atoms with E-state index in [1.165, 1.54) is 0 Å². The third kappa shape index (κ3) is 1.87. The summed E-state index contributed by atoms with van der Waals surface area (Å²) in [6.45, 7) is 0. The number of nitrogens with one attached hydrogen (secondary N) is 1. The predicted molar refractivity (Wildman–Crippen MR) is 70.6 cm³/mol. The quantitative estimate of drug-likeness (QED) is 0.682. The molecule has 0 amide bonds. The average Bonchev–Trinajstić information content (AvgIpc) is 2.39. The maximum Gasteiger partial charge on any atom is 0.274 e. The van der Waals surface area contributed by atoms with Gasteiger partial charge in [0.15, 0.2) is 0 Å². The van der Waals surface area contributed by atoms with Gasteiger partial charge in [0.1, 0.15) is 16.4 Å². The second-order valence-corrected chi connectivity index (χ2v) is 4.19. The SMILES string of the molecule is O=c1[nH]c2cc(Cl)ncc2nc1-c1ccccc1. The lowest BCUT2D eigenvalue weighted by molar-refractivity contribution is 1.20. The molecular weight excluding hydrogens is 250 g/mol. The van der Waals surface area contributed by atoms with Crippen LogP contribution in [-0.4, -0.2) is 15.0 Å². The van der Waals surface area contributed by atoms with Gasteiger partial charge in [0.2, 0.25) is 0 Å². The van der Waals surface area contributed by atoms with Crippen molar-refractivity contribution in [3.05, 3.63) is 58.1 Å². The van der Waals surface area contributed by atoms with Gasteiger partial charge in [-0.2, -0.15) is 0 Å². The third-order valence-electron chi connectivity index (χ3n) is 2.59. The molecule has 2 aromatic heterocycles. The highest BCUT2D eigenvalue weighted by molar-refractivity contribution is 6.29. The molecule has 0 aliphatic rings. The summed E-state index contributed by atoms with van der Waals surface area (Å²) in [5.74, 6) is 0. The van der Waals surface area contributed by atoms with Gasteiger partial charge >= 0.3 is 0 Å². The largest absolute Gasteiger partial charge is 0.319 e. The first-order valence-electron chi connectivity index (χ1n) is 5.35. The first-order chi connectivity index (χ1) is 8.74. The summed E-state index contributed by atoms with van der Waals surface area (Å²) < 4.78 is 0. The van der Waals surface area contributed by atoms with Crippen molar-refractivity contribution in [2.75, 3.05) is 0 Å². The maximum absolute atomic E-state index is 12.0. The van der Waals surface area contributed by atoms with E-state index in [1.807, 2.05) is 30.3 Å². The Morgan fingerprint density at radius 1 is 1.17 bits per heavy atom. The number of H-pyrrole nitrogens is 1. The van der Waals surface area contributed by atoms with Crippen LogP contribution >= 0.6 is 11.6 Å². The lowest BCUT2D eigenvalue weighted by Gasteiger charge is -2.02. The Labute approximate surface area is 107 Å². The number of fused-ring (bicyclic) bond motifs is 1. The number of aromatic amines is 1. The summed E-state index contributed by atoms with van der Waals surface area (Å²) in [6, 6.07) is 10.9. The Balaban J connectivity index is 2.29. The van der Waals surface area contributed by atoms with Crippen LogP contribution in [0.1, 0.15) is 0 Å². The van der Waals surface area contributed by atoms with Crippen LogP contribution in [-0.2, 0) is 0 Å². The summed E-state index contributed by atoms with van der Waals surface area (Å²) in [5, 5.41) is 0.326. The van der Waals surface area contributed by atoms with E-state index < -0.39 is 0 Å². The van der Waals surface area contributed by atoms with Gasteiger partial charge in [-0.05, 0) is 0 Å². The zero-order chi connectivity index (χ0) is 12.5. The molecule has 0 bridgehead atoms. The molecule has 0 fully saturated rings. The van der Waals surface area contributed by atoms with Crippen LogP contribution in [0.2, 0.25) is 5.15 Å². The normalized spacial score (nSPS) is 10.7. The fraction of sp³-hybridized carbons (Fsp3) is 0. The Kier molecular flexibility index (Phi) is 2.57. The van der Waals surface area contributed by atoms with Crippen LogP contribution < -0.4 is 5.56 Å². The van der Waals surface area contributed by atoms with Gasteiger partial charge in [0.25, 0.3) is 5.56 Å². The molecule has 0 saturated carbocycles. The standard InChI is InChI=1S/C13H8ClN3O/c14-11-6-9-10(7-15-11)16-12(13(18)17-9)8-4-2-1-3-5-8/h1-7H,(H,17,18). The van der Waals surface area contributed by atoms with E-state index in [9.17, 15) is 4.79 Å². The summed E-state index contributed by atoms with van der Waals surface area (Å²) in [7, 11) is 0. The lowest BCUT2D eigenvalue weighted by Crippen LogP contribution is -2.11. The van der Waals surface area contributed by atoms with Gasteiger partial charge in [0, 0.05) is 11.6 Å². The topological polar surface area (TPSA) is 58.6 Å². The van der Waals surface area contributed by atoms with Gasteiger partial charge in [-0.25, -0.2) is 9.97 Å². The van der Waals surface area contributed by atoms with Crippen LogP contribution in [0, 0.1) is 0 Å². The first-order valence-corrected chi connectivity index (χ1v) is 5.73. The zero-order valence-electron chi connectivity index (χ0n) is 9.22. The van der Waals surface area contributed by atoms with E-state index >= 15 is 0 Å². The van der Waals surface area contributed by atoms with Crippen LogP contribution in [0.4, 0.5) is 0 Å². The molecule has 2 heterocycles. The van der Waals surface area contributed by atoms with E-state index in [4.69, 9.17) is 11.6 Å². The molecule has 3 rings (SSSR count). The first kappa shape index (κ1) is 10.9. The predicted octanol–water partition coefficient (Wildman–Crippen LogP) is 2.64. The van der Waals surface area contributed by atoms with E-state index in [1.54, 1.807) is 12.3 Å². The van der Waals surface area contributed by atoms with Gasteiger partial charge in [-0.15, -0.1) is 0 Å². The fourth-order valence-corrected chi connectivity index (χ4v) is 1.91. The molecule has 0 atom stereocenters. The molecule has 88 valence electrons. The molecule has 0 spiro atoms. The molecule has 5 heteroatoms. The Bertz CT molecular complexity index is 768. The van der Waals surface area contributed by atoms with E-state index in [-0.39, 0.29) is 5.56 Å². The van der Waals surface area contributed by atoms with Crippen LogP contribution in [0.15, 0.2) is 47.4 Å². The number of hydrogen-bond donors (Lipinski definition) is 1. The Hall–Kier alpha value is -2.20. The molecule has 0 saturated heterocycles. The molecule has 0 radical (unpaired) electrons. The van der Waals surface area contributed by atoms with Gasteiger partial charge < -0.3 is 4.98 Å². The third-order valence-corrected chi connectivity index (χ3v) is 2.80. The smallest absolute Gasteiger partial charge is 0.274 e. The summed E-state index contributed by atoms with van der Waals surface area (Å²) in [5.41, 5.74) is 2.11. The van der Waals surface area contributed by atoms with Crippen molar-refractivity contribution in [1.29, 1.82) is 0 Å². The minimum Gasteiger partial charge on any atom is -0.319 e. The number of nitrogens with zero attached hydrogens (tertiary/aromatic N) is 2. The number of benzene rings is 1. The highest BCUT2D eigenvalue weighted by Crippen LogP contribution is 2.16. The molecule has 4 nitrogen and oxygen atoms in total. The monoisotopic (exact) mass is 257 g/mol. The highest BCUT2D eigenvalue weighted by atomic mass is 35.5. The van der Waals surface area contributed by atoms with E-state index in [0.717, 1.165) is 5.56 Å². The van der Waals surface area contributed by atoms with Crippen molar-refractivity contribution < 1.29 is 0 Å². The Morgan fingerprint density at radius 3 is 2.72 bits per heavy atom. The number of aromatic nitrogens is 3. The van der Waals surface area contributed by atoms with E-state index in [0.29, 0.717) is 21.9 Å². The van der Waals surface area contributed by atoms with Gasteiger partial charge in [-0.3, -0.25) is 4.79 Å². The van der Waals surface area contributed by atoms with E-state index in [2.05, 4.69) is 15.0 Å². The van der Waals surface area contributed by atoms with Crippen molar-refractivity contribution >= 4 is 22.6 Å². The van der Waals surface area contributed by atoms with Gasteiger partial charge in [-0.1, -0.05) is 41.9 Å². The van der Waals surface area contributed by atoms with Crippen LogP contribution in [0.5, 0.6) is 0 Å². The maximum atomic E-state index is 12.0. The van der Waals surface area contributed by atoms with Crippen molar-refractivity contribution in [1.82, 2.24) is 15.0 Å². The number of hydrogen-bond acceptors (Lipinski definition) is 3. The molecule has 18 heavy (non-hydrogen) atoms. The molecular formula is C13H8ClN3O. The minimum absolute atomic E-state index is 0.240. The minimum atomic E-state index is -0.240. The summed E-state index contributed by atoms with van der Waals surface area (Å²) >= 11 is 5.77. The van der Waals surface area contributed by atoms with Crippen molar-refractivity contribution in [2.24, 2.45) is 0 Å². The average molecular weight is 258 g/mol. The Morgan fingerprint density at radius 2 is 1.94 bits per heavy atom.